The van der Waals surface area contributed by atoms with Crippen molar-refractivity contribution in [3.8, 4) is 0 Å². The van der Waals surface area contributed by atoms with Gasteiger partial charge in [-0.05, 0) is 19.3 Å². The molecule has 0 unspecified atom stereocenters. The van der Waals surface area contributed by atoms with Gasteiger partial charge in [0.2, 0.25) is 0 Å². The minimum absolute atomic E-state index is 0.107. The van der Waals surface area contributed by atoms with E-state index in [1.54, 1.807) is 0 Å². The van der Waals surface area contributed by atoms with Crippen molar-refractivity contribution in [2.45, 2.75) is 29.3 Å². The predicted octanol–water partition coefficient (Wildman–Crippen LogP) is 1.83. The predicted molar refractivity (Wildman–Crippen MR) is 39.2 cm³/mol. The average Bonchev–Trinajstić information content (AvgIpc) is 2.14. The quantitative estimate of drug-likeness (QED) is 0.321. The van der Waals surface area contributed by atoms with E-state index < -0.39 is 0 Å². The van der Waals surface area contributed by atoms with Crippen LogP contribution in [0, 0.1) is 0 Å². The molecule has 0 heterocycles. The van der Waals surface area contributed by atoms with Gasteiger partial charge in [-0.15, -0.1) is 0 Å². The lowest BCUT2D eigenvalue weighted by Gasteiger charge is -2.07. The Labute approximate surface area is 62.3 Å². The van der Waals surface area contributed by atoms with E-state index in [9.17, 15) is 0 Å². The Bertz CT molecular complexity index is 76.8. The maximum Gasteiger partial charge on any atom is 0.104 e. The molecule has 0 bridgehead atoms. The summed E-state index contributed by atoms with van der Waals surface area (Å²) in [5.74, 6) is 0. The molecule has 8 heavy (non-hydrogen) atoms. The number of rotatable bonds is 1. The summed E-state index contributed by atoms with van der Waals surface area (Å²) >= 11 is 2.31. The van der Waals surface area contributed by atoms with E-state index >= 15 is 0 Å². The maximum absolute atomic E-state index is 8.23. The second-order valence-corrected chi connectivity index (χ2v) is 3.69. The van der Waals surface area contributed by atoms with Gasteiger partial charge in [-0.3, -0.25) is 5.26 Å². The maximum atomic E-state index is 8.23. The van der Waals surface area contributed by atoms with E-state index in [1.165, 1.54) is 12.8 Å². The first kappa shape index (κ1) is 6.77. The summed E-state index contributed by atoms with van der Waals surface area (Å²) in [4.78, 5) is 4.22. The number of hydrogen-bond acceptors (Lipinski definition) is 2. The lowest BCUT2D eigenvalue weighted by Crippen LogP contribution is -2.15. The fourth-order valence-electron chi connectivity index (χ4n) is 1.000. The van der Waals surface area contributed by atoms with Gasteiger partial charge in [-0.2, -0.15) is 0 Å². The Kier molecular flexibility index (Phi) is 2.52. The highest BCUT2D eigenvalue weighted by Gasteiger charge is 2.25. The minimum atomic E-state index is 0.107. The third-order valence-corrected chi connectivity index (χ3v) is 2.93. The molecule has 0 aromatic rings. The standard InChI is InChI=1S/C5H9IO2/c6-4-2-1-3-5(4)8-7/h4-5,7H,1-3H2/t4-,5-/m0/s1. The van der Waals surface area contributed by atoms with Crippen LogP contribution >= 0.6 is 22.6 Å². The van der Waals surface area contributed by atoms with Crippen molar-refractivity contribution in [2.24, 2.45) is 0 Å². The van der Waals surface area contributed by atoms with E-state index in [1.807, 2.05) is 0 Å². The monoisotopic (exact) mass is 228 g/mol. The van der Waals surface area contributed by atoms with Crippen LogP contribution in [0.1, 0.15) is 19.3 Å². The van der Waals surface area contributed by atoms with E-state index in [0.29, 0.717) is 3.92 Å². The van der Waals surface area contributed by atoms with Crippen molar-refractivity contribution in [1.29, 1.82) is 0 Å². The van der Waals surface area contributed by atoms with Gasteiger partial charge in [0.05, 0.1) is 0 Å². The highest BCUT2D eigenvalue weighted by atomic mass is 127. The van der Waals surface area contributed by atoms with Crippen molar-refractivity contribution in [1.82, 2.24) is 0 Å². The zero-order valence-corrected chi connectivity index (χ0v) is 6.67. The van der Waals surface area contributed by atoms with Gasteiger partial charge in [-0.1, -0.05) is 22.6 Å². The molecule has 1 N–H and O–H groups in total. The van der Waals surface area contributed by atoms with Crippen molar-refractivity contribution < 1.29 is 10.1 Å². The summed E-state index contributed by atoms with van der Waals surface area (Å²) in [7, 11) is 0. The smallest absolute Gasteiger partial charge is 0.104 e. The Morgan fingerprint density at radius 2 is 2.25 bits per heavy atom. The lowest BCUT2D eigenvalue weighted by atomic mass is 10.3. The Balaban J connectivity index is 2.30. The summed E-state index contributed by atoms with van der Waals surface area (Å²) in [6, 6.07) is 0. The molecule has 1 rings (SSSR count). The first-order valence-corrected chi connectivity index (χ1v) is 4.03. The number of alkyl halides is 1. The molecule has 48 valence electrons. The molecule has 1 aliphatic rings. The van der Waals surface area contributed by atoms with Gasteiger partial charge >= 0.3 is 0 Å². The number of halogens is 1. The van der Waals surface area contributed by atoms with Crippen LogP contribution in [0.2, 0.25) is 0 Å². The average molecular weight is 228 g/mol. The molecule has 0 aliphatic heterocycles. The Hall–Kier alpha value is 0.650. The van der Waals surface area contributed by atoms with E-state index in [-0.39, 0.29) is 6.10 Å². The fraction of sp³-hybridized carbons (Fsp3) is 1.00. The highest BCUT2D eigenvalue weighted by molar-refractivity contribution is 14.1. The lowest BCUT2D eigenvalue weighted by molar-refractivity contribution is -0.273. The molecule has 1 saturated carbocycles. The minimum Gasteiger partial charge on any atom is -0.252 e. The second-order valence-electron chi connectivity index (χ2n) is 2.09. The van der Waals surface area contributed by atoms with Crippen LogP contribution in [0.3, 0.4) is 0 Å². The SMILES string of the molecule is OO[C@H]1CCC[C@@H]1I. The Morgan fingerprint density at radius 1 is 1.50 bits per heavy atom. The molecule has 3 heteroatoms. The molecule has 0 radical (unpaired) electrons. The van der Waals surface area contributed by atoms with Crippen LogP contribution in [0.15, 0.2) is 0 Å². The third-order valence-electron chi connectivity index (χ3n) is 1.51. The highest BCUT2D eigenvalue weighted by Crippen LogP contribution is 2.27. The van der Waals surface area contributed by atoms with Gasteiger partial charge in [-0.25, -0.2) is 4.89 Å². The Morgan fingerprint density at radius 3 is 2.50 bits per heavy atom. The summed E-state index contributed by atoms with van der Waals surface area (Å²) in [5.41, 5.74) is 0. The molecule has 2 atom stereocenters. The normalized spacial score (nSPS) is 38.2. The van der Waals surface area contributed by atoms with Crippen molar-refractivity contribution in [3.63, 3.8) is 0 Å². The summed E-state index contributed by atoms with van der Waals surface area (Å²) < 4.78 is 0.526. The van der Waals surface area contributed by atoms with Crippen LogP contribution in [0.5, 0.6) is 0 Å². The molecule has 1 aliphatic carbocycles. The summed E-state index contributed by atoms with van der Waals surface area (Å²) in [6.07, 6.45) is 3.50. The van der Waals surface area contributed by atoms with Gasteiger partial charge in [0.15, 0.2) is 0 Å². The van der Waals surface area contributed by atoms with Crippen LogP contribution < -0.4 is 0 Å². The molecule has 0 aromatic carbocycles. The molecular formula is C5H9IO2. The molecule has 1 fully saturated rings. The summed E-state index contributed by atoms with van der Waals surface area (Å²) in [6.45, 7) is 0. The van der Waals surface area contributed by atoms with Gasteiger partial charge < -0.3 is 0 Å². The third kappa shape index (κ3) is 1.33. The molecule has 0 saturated heterocycles. The first-order valence-electron chi connectivity index (χ1n) is 2.79. The van der Waals surface area contributed by atoms with Gasteiger partial charge in [0, 0.05) is 3.92 Å². The molecular weight excluding hydrogens is 219 g/mol. The van der Waals surface area contributed by atoms with Gasteiger partial charge in [0.25, 0.3) is 0 Å². The van der Waals surface area contributed by atoms with Crippen molar-refractivity contribution in [3.05, 3.63) is 0 Å². The molecule has 0 spiro atoms. The largest absolute Gasteiger partial charge is 0.252 e. The molecule has 0 aromatic heterocycles. The van der Waals surface area contributed by atoms with E-state index in [2.05, 4.69) is 27.5 Å². The van der Waals surface area contributed by atoms with Crippen molar-refractivity contribution in [2.75, 3.05) is 0 Å². The molecule has 0 amide bonds. The zero-order valence-electron chi connectivity index (χ0n) is 4.51. The van der Waals surface area contributed by atoms with Gasteiger partial charge in [0.1, 0.15) is 6.10 Å². The molecule has 2 nitrogen and oxygen atoms in total. The summed E-state index contributed by atoms with van der Waals surface area (Å²) in [5, 5.41) is 8.23. The van der Waals surface area contributed by atoms with Crippen molar-refractivity contribution >= 4 is 22.6 Å². The fourth-order valence-corrected chi connectivity index (χ4v) is 1.93. The topological polar surface area (TPSA) is 29.5 Å². The number of hydrogen-bond donors (Lipinski definition) is 1. The van der Waals surface area contributed by atoms with Crippen LogP contribution in [-0.2, 0) is 4.89 Å². The zero-order chi connectivity index (χ0) is 5.98. The first-order chi connectivity index (χ1) is 3.84. The van der Waals surface area contributed by atoms with Crippen LogP contribution in [0.25, 0.3) is 0 Å². The van der Waals surface area contributed by atoms with E-state index in [0.717, 1.165) is 6.42 Å². The second kappa shape index (κ2) is 2.98. The van der Waals surface area contributed by atoms with Crippen LogP contribution in [0.4, 0.5) is 0 Å². The van der Waals surface area contributed by atoms with Crippen LogP contribution in [-0.4, -0.2) is 15.3 Å². The van der Waals surface area contributed by atoms with E-state index in [4.69, 9.17) is 5.26 Å².